The molecule has 1 aromatic rings. The van der Waals surface area contributed by atoms with E-state index in [0.717, 1.165) is 4.90 Å². The number of aliphatic carboxylic acids is 3. The van der Waals surface area contributed by atoms with Crippen molar-refractivity contribution < 1.29 is 44.1 Å². The average molecular weight is 492 g/mol. The highest BCUT2D eigenvalue weighted by Crippen LogP contribution is 2.20. The Morgan fingerprint density at radius 3 is 2.09 bits per heavy atom. The van der Waals surface area contributed by atoms with Gasteiger partial charge in [-0.2, -0.15) is 0 Å². The number of carbonyl (C=O) groups excluding carboxylic acids is 3. The molecule has 4 unspecified atom stereocenters. The molecule has 1 aromatic carbocycles. The van der Waals surface area contributed by atoms with Crippen LogP contribution in [0.4, 0.5) is 0 Å². The van der Waals surface area contributed by atoms with Crippen LogP contribution >= 0.6 is 0 Å². The van der Waals surface area contributed by atoms with Crippen LogP contribution < -0.4 is 16.4 Å². The SMILES string of the molecule is NC(CC(=O)O)C(=O)NC(CC(=O)O)C(=O)NC(Cc1ccccc1)C(=O)N1CCCC1C(=O)O. The van der Waals surface area contributed by atoms with Crippen LogP contribution in [-0.4, -0.2) is 86.6 Å². The van der Waals surface area contributed by atoms with Gasteiger partial charge in [-0.15, -0.1) is 0 Å². The monoisotopic (exact) mass is 492 g/mol. The van der Waals surface area contributed by atoms with E-state index in [1.165, 1.54) is 0 Å². The number of nitrogens with zero attached hydrogens (tertiary/aromatic N) is 1. The van der Waals surface area contributed by atoms with Crippen molar-refractivity contribution in [3.05, 3.63) is 35.9 Å². The highest BCUT2D eigenvalue weighted by Gasteiger charge is 2.38. The van der Waals surface area contributed by atoms with Crippen LogP contribution in [0, 0.1) is 0 Å². The number of nitrogens with one attached hydrogen (secondary N) is 2. The van der Waals surface area contributed by atoms with Gasteiger partial charge in [0.15, 0.2) is 0 Å². The Morgan fingerprint density at radius 1 is 0.914 bits per heavy atom. The first-order valence-electron chi connectivity index (χ1n) is 10.9. The van der Waals surface area contributed by atoms with Gasteiger partial charge in [0.25, 0.3) is 0 Å². The molecule has 0 bridgehead atoms. The number of benzene rings is 1. The highest BCUT2D eigenvalue weighted by molar-refractivity contribution is 5.96. The molecule has 1 saturated heterocycles. The van der Waals surface area contributed by atoms with Gasteiger partial charge in [0.05, 0.1) is 18.9 Å². The molecular weight excluding hydrogens is 464 g/mol. The fourth-order valence-electron chi connectivity index (χ4n) is 3.75. The van der Waals surface area contributed by atoms with Crippen molar-refractivity contribution in [3.8, 4) is 0 Å². The summed E-state index contributed by atoms with van der Waals surface area (Å²) in [5.41, 5.74) is 6.14. The Hall–Kier alpha value is -4.00. The van der Waals surface area contributed by atoms with E-state index in [4.69, 9.17) is 10.8 Å². The average Bonchev–Trinajstić information content (AvgIpc) is 3.28. The molecule has 7 N–H and O–H groups in total. The molecule has 13 heteroatoms. The molecule has 0 spiro atoms. The number of amides is 3. The van der Waals surface area contributed by atoms with E-state index in [-0.39, 0.29) is 19.4 Å². The predicted molar refractivity (Wildman–Crippen MR) is 119 cm³/mol. The maximum absolute atomic E-state index is 13.3. The summed E-state index contributed by atoms with van der Waals surface area (Å²) in [6, 6.07) is 3.10. The molecule has 1 fully saturated rings. The number of hydrogen-bond donors (Lipinski definition) is 6. The Balaban J connectivity index is 2.25. The third-order valence-corrected chi connectivity index (χ3v) is 5.46. The van der Waals surface area contributed by atoms with Crippen molar-refractivity contribution in [1.29, 1.82) is 0 Å². The smallest absolute Gasteiger partial charge is 0.326 e. The summed E-state index contributed by atoms with van der Waals surface area (Å²) in [6.07, 6.45) is -0.889. The van der Waals surface area contributed by atoms with Gasteiger partial charge < -0.3 is 36.6 Å². The largest absolute Gasteiger partial charge is 0.481 e. The van der Waals surface area contributed by atoms with E-state index in [1.54, 1.807) is 30.3 Å². The quantitative estimate of drug-likeness (QED) is 0.199. The second-order valence-electron chi connectivity index (χ2n) is 8.14. The van der Waals surface area contributed by atoms with Crippen LogP contribution in [0.2, 0.25) is 0 Å². The first-order chi connectivity index (χ1) is 16.5. The van der Waals surface area contributed by atoms with Crippen molar-refractivity contribution in [3.63, 3.8) is 0 Å². The number of carbonyl (C=O) groups is 6. The topological polar surface area (TPSA) is 216 Å². The number of likely N-dealkylation sites (tertiary alicyclic amines) is 1. The molecule has 35 heavy (non-hydrogen) atoms. The molecule has 2 rings (SSSR count). The maximum Gasteiger partial charge on any atom is 0.326 e. The van der Waals surface area contributed by atoms with Crippen LogP contribution in [0.15, 0.2) is 30.3 Å². The first kappa shape index (κ1) is 27.2. The third-order valence-electron chi connectivity index (χ3n) is 5.46. The molecule has 13 nitrogen and oxygen atoms in total. The van der Waals surface area contributed by atoms with Gasteiger partial charge in [-0.05, 0) is 18.4 Å². The van der Waals surface area contributed by atoms with Crippen LogP contribution in [0.1, 0.15) is 31.2 Å². The lowest BCUT2D eigenvalue weighted by Crippen LogP contribution is -2.58. The fraction of sp³-hybridized carbons (Fsp3) is 0.455. The Labute approximate surface area is 200 Å². The van der Waals surface area contributed by atoms with Crippen molar-refractivity contribution in [1.82, 2.24) is 15.5 Å². The molecule has 0 aliphatic carbocycles. The normalized spacial score (nSPS) is 17.6. The van der Waals surface area contributed by atoms with E-state index < -0.39 is 72.6 Å². The Bertz CT molecular complexity index is 969. The van der Waals surface area contributed by atoms with E-state index >= 15 is 0 Å². The van der Waals surface area contributed by atoms with Gasteiger partial charge in [-0.3, -0.25) is 24.0 Å². The maximum atomic E-state index is 13.3. The lowest BCUT2D eigenvalue weighted by atomic mass is 10.0. The van der Waals surface area contributed by atoms with Gasteiger partial charge in [0.2, 0.25) is 17.7 Å². The minimum atomic E-state index is -1.65. The van der Waals surface area contributed by atoms with E-state index in [2.05, 4.69) is 10.6 Å². The number of nitrogens with two attached hydrogens (primary N) is 1. The molecule has 0 radical (unpaired) electrons. The predicted octanol–water partition coefficient (Wildman–Crippen LogP) is -1.45. The molecule has 1 aliphatic rings. The molecule has 1 heterocycles. The molecule has 190 valence electrons. The number of carboxylic acid groups (broad SMARTS) is 3. The zero-order chi connectivity index (χ0) is 26.1. The summed E-state index contributed by atoms with van der Waals surface area (Å²) in [5.74, 6) is -6.69. The first-order valence-corrected chi connectivity index (χ1v) is 10.9. The van der Waals surface area contributed by atoms with Crippen molar-refractivity contribution in [2.45, 2.75) is 56.3 Å². The number of carboxylic acids is 3. The van der Waals surface area contributed by atoms with Gasteiger partial charge in [0, 0.05) is 13.0 Å². The van der Waals surface area contributed by atoms with Crippen molar-refractivity contribution >= 4 is 35.6 Å². The minimum Gasteiger partial charge on any atom is -0.481 e. The molecule has 0 aromatic heterocycles. The van der Waals surface area contributed by atoms with Crippen LogP contribution in [0.25, 0.3) is 0 Å². The lowest BCUT2D eigenvalue weighted by molar-refractivity contribution is -0.149. The summed E-state index contributed by atoms with van der Waals surface area (Å²) in [7, 11) is 0. The second kappa shape index (κ2) is 12.5. The minimum absolute atomic E-state index is 0.0134. The number of hydrogen-bond acceptors (Lipinski definition) is 7. The Kier molecular flexibility index (Phi) is 9.70. The molecule has 3 amide bonds. The highest BCUT2D eigenvalue weighted by atomic mass is 16.4. The van der Waals surface area contributed by atoms with Gasteiger partial charge >= 0.3 is 17.9 Å². The summed E-state index contributed by atoms with van der Waals surface area (Å²) in [5, 5.41) is 32.0. The van der Waals surface area contributed by atoms with Crippen LogP contribution in [0.3, 0.4) is 0 Å². The molecule has 4 atom stereocenters. The summed E-state index contributed by atoms with van der Waals surface area (Å²) in [4.78, 5) is 73.2. The summed E-state index contributed by atoms with van der Waals surface area (Å²) >= 11 is 0. The zero-order valence-electron chi connectivity index (χ0n) is 18.8. The van der Waals surface area contributed by atoms with Gasteiger partial charge in [-0.1, -0.05) is 30.3 Å². The Morgan fingerprint density at radius 2 is 1.51 bits per heavy atom. The second-order valence-corrected chi connectivity index (χ2v) is 8.14. The van der Waals surface area contributed by atoms with Crippen molar-refractivity contribution in [2.75, 3.05) is 6.54 Å². The zero-order valence-corrected chi connectivity index (χ0v) is 18.8. The molecular formula is C22H28N4O9. The summed E-state index contributed by atoms with van der Waals surface area (Å²) < 4.78 is 0. The van der Waals surface area contributed by atoms with Crippen LogP contribution in [0.5, 0.6) is 0 Å². The third kappa shape index (κ3) is 8.07. The van der Waals surface area contributed by atoms with Crippen molar-refractivity contribution in [2.24, 2.45) is 5.73 Å². The van der Waals surface area contributed by atoms with E-state index in [1.807, 2.05) is 0 Å². The van der Waals surface area contributed by atoms with Gasteiger partial charge in [0.1, 0.15) is 18.1 Å². The lowest BCUT2D eigenvalue weighted by Gasteiger charge is -2.29. The summed E-state index contributed by atoms with van der Waals surface area (Å²) in [6.45, 7) is 0.177. The van der Waals surface area contributed by atoms with Crippen LogP contribution in [-0.2, 0) is 35.2 Å². The van der Waals surface area contributed by atoms with Gasteiger partial charge in [-0.25, -0.2) is 4.79 Å². The molecule has 0 saturated carbocycles. The van der Waals surface area contributed by atoms with E-state index in [0.29, 0.717) is 12.0 Å². The van der Waals surface area contributed by atoms with E-state index in [9.17, 15) is 39.0 Å². The molecule has 1 aliphatic heterocycles. The standard InChI is InChI=1S/C22H28N4O9/c23-13(10-17(27)28)19(31)24-14(11-18(29)30)20(32)25-15(9-12-5-2-1-3-6-12)21(33)26-8-4-7-16(26)22(34)35/h1-3,5-6,13-16H,4,7-11,23H2,(H,24,31)(H,25,32)(H,27,28)(H,29,30)(H,34,35). The fourth-order valence-corrected chi connectivity index (χ4v) is 3.75. The number of rotatable bonds is 12.